The number of nitrogens with one attached hydrogen (secondary N) is 1. The number of fused-ring (bicyclic) bond motifs is 1. The predicted octanol–water partition coefficient (Wildman–Crippen LogP) is 3.21. The number of para-hydroxylation sites is 2. The topological polar surface area (TPSA) is 72.9 Å². The number of benzene rings is 1. The van der Waals surface area contributed by atoms with Crippen molar-refractivity contribution >= 4 is 41.8 Å². The zero-order chi connectivity index (χ0) is 16.4. The van der Waals surface area contributed by atoms with E-state index in [1.54, 1.807) is 0 Å². The van der Waals surface area contributed by atoms with Gasteiger partial charge in [0.05, 0.1) is 17.0 Å². The van der Waals surface area contributed by atoms with Crippen LogP contribution in [-0.2, 0) is 11.3 Å². The average Bonchev–Trinajstić information content (AvgIpc) is 2.82. The number of halogens is 2. The molecule has 1 amide bonds. The van der Waals surface area contributed by atoms with Crippen LogP contribution in [0.25, 0.3) is 11.0 Å². The lowest BCUT2D eigenvalue weighted by molar-refractivity contribution is -0.128. The quantitative estimate of drug-likeness (QED) is 0.846. The van der Waals surface area contributed by atoms with Crippen molar-refractivity contribution in [1.82, 2.24) is 14.9 Å². The van der Waals surface area contributed by atoms with Crippen molar-refractivity contribution < 1.29 is 4.79 Å². The minimum Gasteiger partial charge on any atom is -0.354 e. The first-order valence-electron chi connectivity index (χ1n) is 8.47. The molecule has 7 heteroatoms. The number of carbonyl (C=O) groups is 1. The molecule has 0 saturated heterocycles. The minimum atomic E-state index is -0.375. The van der Waals surface area contributed by atoms with E-state index in [0.29, 0.717) is 6.54 Å². The summed E-state index contributed by atoms with van der Waals surface area (Å²) in [5, 5.41) is 3.07. The molecule has 2 atom stereocenters. The molecule has 3 N–H and O–H groups in total. The highest BCUT2D eigenvalue weighted by molar-refractivity contribution is 5.85. The highest BCUT2D eigenvalue weighted by Crippen LogP contribution is 2.31. The Labute approximate surface area is 161 Å². The van der Waals surface area contributed by atoms with Gasteiger partial charge in [-0.2, -0.15) is 0 Å². The predicted molar refractivity (Wildman–Crippen MR) is 107 cm³/mol. The number of carbonyl (C=O) groups excluding carboxylic acids is 1. The van der Waals surface area contributed by atoms with Gasteiger partial charge < -0.3 is 15.6 Å². The molecule has 1 heterocycles. The van der Waals surface area contributed by atoms with Crippen LogP contribution in [0.3, 0.4) is 0 Å². The Kier molecular flexibility index (Phi) is 7.72. The van der Waals surface area contributed by atoms with E-state index in [2.05, 4.69) is 20.9 Å². The summed E-state index contributed by atoms with van der Waals surface area (Å²) in [7, 11) is 0. The molecule has 0 radical (unpaired) electrons. The van der Waals surface area contributed by atoms with Gasteiger partial charge in [-0.05, 0) is 38.8 Å². The van der Waals surface area contributed by atoms with Crippen molar-refractivity contribution in [2.45, 2.75) is 51.6 Å². The van der Waals surface area contributed by atoms with Gasteiger partial charge in [-0.3, -0.25) is 4.79 Å². The maximum absolute atomic E-state index is 12.5. The van der Waals surface area contributed by atoms with Gasteiger partial charge >= 0.3 is 0 Å². The summed E-state index contributed by atoms with van der Waals surface area (Å²) in [6.45, 7) is 5.34. The lowest BCUT2D eigenvalue weighted by Crippen LogP contribution is -2.53. The monoisotopic (exact) mass is 386 g/mol. The molecule has 0 spiro atoms. The molecule has 1 aliphatic rings. The Morgan fingerprint density at radius 1 is 1.36 bits per heavy atom. The first-order chi connectivity index (χ1) is 11.0. The van der Waals surface area contributed by atoms with Crippen LogP contribution in [0, 0.1) is 12.8 Å². The van der Waals surface area contributed by atoms with Crippen molar-refractivity contribution in [3.05, 3.63) is 30.1 Å². The number of rotatable bonds is 4. The second kappa shape index (κ2) is 8.88. The zero-order valence-corrected chi connectivity index (χ0v) is 16.5. The molecule has 1 aliphatic carbocycles. The highest BCUT2D eigenvalue weighted by Gasteiger charge is 2.37. The van der Waals surface area contributed by atoms with Crippen LogP contribution in [0.5, 0.6) is 0 Å². The van der Waals surface area contributed by atoms with E-state index in [1.165, 1.54) is 0 Å². The number of nitrogens with zero attached hydrogens (tertiary/aromatic N) is 2. The van der Waals surface area contributed by atoms with E-state index in [9.17, 15) is 4.79 Å². The molecule has 2 unspecified atom stereocenters. The summed E-state index contributed by atoms with van der Waals surface area (Å²) in [6, 6.07) is 8.08. The first-order valence-corrected chi connectivity index (χ1v) is 8.47. The summed E-state index contributed by atoms with van der Waals surface area (Å²) in [5.74, 6) is 0.996. The van der Waals surface area contributed by atoms with E-state index in [4.69, 9.17) is 5.73 Å². The van der Waals surface area contributed by atoms with Crippen LogP contribution < -0.4 is 11.1 Å². The number of nitrogens with two attached hydrogens (primary N) is 1. The largest absolute Gasteiger partial charge is 0.354 e. The molecule has 1 aromatic carbocycles. The number of aryl methyl sites for hydroxylation is 1. The number of aromatic nitrogens is 2. The van der Waals surface area contributed by atoms with Crippen LogP contribution in [0.1, 0.15) is 38.4 Å². The molecule has 0 bridgehead atoms. The van der Waals surface area contributed by atoms with Crippen LogP contribution in [0.15, 0.2) is 24.3 Å². The van der Waals surface area contributed by atoms with Crippen LogP contribution in [0.2, 0.25) is 0 Å². The Bertz CT molecular complexity index is 714. The van der Waals surface area contributed by atoms with Crippen molar-refractivity contribution in [3.63, 3.8) is 0 Å². The molecule has 5 nitrogen and oxygen atoms in total. The SMILES string of the molecule is Cc1nc2ccccc2n1CCNC(=O)C1CCCCC1(C)N.Cl.Cl. The third-order valence-electron chi connectivity index (χ3n) is 5.05. The third-order valence-corrected chi connectivity index (χ3v) is 5.05. The van der Waals surface area contributed by atoms with E-state index in [-0.39, 0.29) is 42.2 Å². The first kappa shape index (κ1) is 21.7. The fraction of sp³-hybridized carbons (Fsp3) is 0.556. The van der Waals surface area contributed by atoms with Crippen molar-refractivity contribution in [3.8, 4) is 0 Å². The Morgan fingerprint density at radius 3 is 2.80 bits per heavy atom. The standard InChI is InChI=1S/C18H26N4O.2ClH/c1-13-21-15-8-3-4-9-16(15)22(13)12-11-20-17(23)14-7-5-6-10-18(14,2)19;;/h3-4,8-9,14H,5-7,10-12,19H2,1-2H3,(H,20,23);2*1H. The van der Waals surface area contributed by atoms with Gasteiger partial charge in [0.15, 0.2) is 0 Å². The molecule has 3 rings (SSSR count). The molecule has 1 aromatic heterocycles. The second-order valence-electron chi connectivity index (χ2n) is 6.89. The van der Waals surface area contributed by atoms with Crippen LogP contribution >= 0.6 is 24.8 Å². The van der Waals surface area contributed by atoms with Gasteiger partial charge in [0.1, 0.15) is 5.82 Å². The van der Waals surface area contributed by atoms with E-state index < -0.39 is 0 Å². The van der Waals surface area contributed by atoms with Gasteiger partial charge in [-0.25, -0.2) is 4.98 Å². The maximum Gasteiger partial charge on any atom is 0.225 e. The van der Waals surface area contributed by atoms with Crippen molar-refractivity contribution in [2.24, 2.45) is 11.7 Å². The van der Waals surface area contributed by atoms with Gasteiger partial charge in [0, 0.05) is 18.6 Å². The molecule has 2 aromatic rings. The zero-order valence-electron chi connectivity index (χ0n) is 14.8. The highest BCUT2D eigenvalue weighted by atomic mass is 35.5. The molecular formula is C18H28Cl2N4O. The number of amides is 1. The molecule has 140 valence electrons. The van der Waals surface area contributed by atoms with Crippen LogP contribution in [-0.4, -0.2) is 27.5 Å². The molecule has 1 saturated carbocycles. The van der Waals surface area contributed by atoms with Crippen molar-refractivity contribution in [1.29, 1.82) is 0 Å². The summed E-state index contributed by atoms with van der Waals surface area (Å²) in [5.41, 5.74) is 8.05. The summed E-state index contributed by atoms with van der Waals surface area (Å²) >= 11 is 0. The Hall–Kier alpha value is -1.30. The third kappa shape index (κ3) is 4.66. The maximum atomic E-state index is 12.5. The summed E-state index contributed by atoms with van der Waals surface area (Å²) in [6.07, 6.45) is 4.04. The Balaban J connectivity index is 0.00000156. The van der Waals surface area contributed by atoms with Gasteiger partial charge in [-0.1, -0.05) is 25.0 Å². The Morgan fingerprint density at radius 2 is 2.08 bits per heavy atom. The van der Waals surface area contributed by atoms with E-state index >= 15 is 0 Å². The fourth-order valence-electron chi connectivity index (χ4n) is 3.68. The van der Waals surface area contributed by atoms with E-state index in [1.807, 2.05) is 32.0 Å². The fourth-order valence-corrected chi connectivity index (χ4v) is 3.68. The van der Waals surface area contributed by atoms with Gasteiger partial charge in [0.2, 0.25) is 5.91 Å². The van der Waals surface area contributed by atoms with Crippen molar-refractivity contribution in [2.75, 3.05) is 6.54 Å². The van der Waals surface area contributed by atoms with Gasteiger partial charge in [-0.15, -0.1) is 24.8 Å². The number of imidazole rings is 1. The molecule has 0 aliphatic heterocycles. The molecular weight excluding hydrogens is 359 g/mol. The lowest BCUT2D eigenvalue weighted by atomic mass is 9.74. The molecule has 25 heavy (non-hydrogen) atoms. The molecule has 1 fully saturated rings. The number of hydrogen-bond acceptors (Lipinski definition) is 3. The number of hydrogen-bond donors (Lipinski definition) is 2. The lowest BCUT2D eigenvalue weighted by Gasteiger charge is -2.37. The van der Waals surface area contributed by atoms with Gasteiger partial charge in [0.25, 0.3) is 0 Å². The average molecular weight is 387 g/mol. The second-order valence-corrected chi connectivity index (χ2v) is 6.89. The summed E-state index contributed by atoms with van der Waals surface area (Å²) in [4.78, 5) is 17.0. The normalized spacial score (nSPS) is 22.8. The minimum absolute atomic E-state index is 0. The van der Waals surface area contributed by atoms with Crippen LogP contribution in [0.4, 0.5) is 0 Å². The van der Waals surface area contributed by atoms with E-state index in [0.717, 1.165) is 49.1 Å². The smallest absolute Gasteiger partial charge is 0.225 e. The summed E-state index contributed by atoms with van der Waals surface area (Å²) < 4.78 is 2.15.